The molecule has 0 saturated heterocycles. The summed E-state index contributed by atoms with van der Waals surface area (Å²) in [6.07, 6.45) is 0. The van der Waals surface area contributed by atoms with Crippen molar-refractivity contribution in [2.45, 2.75) is 0 Å². The molecule has 0 saturated carbocycles. The van der Waals surface area contributed by atoms with Crippen LogP contribution in [0.4, 0.5) is 0 Å². The second-order valence-electron chi connectivity index (χ2n) is 7.60. The van der Waals surface area contributed by atoms with Crippen molar-refractivity contribution in [3.05, 3.63) is 108 Å². The molecule has 0 aliphatic rings. The van der Waals surface area contributed by atoms with E-state index in [1.54, 1.807) is 24.3 Å². The van der Waals surface area contributed by atoms with Gasteiger partial charge >= 0.3 is 17.9 Å². The van der Waals surface area contributed by atoms with Gasteiger partial charge in [0.05, 0.1) is 23.8 Å². The van der Waals surface area contributed by atoms with Crippen molar-refractivity contribution < 1.29 is 38.8 Å². The monoisotopic (exact) mass is 484 g/mol. The van der Waals surface area contributed by atoms with Crippen LogP contribution < -0.4 is 9.47 Å². The number of phenols is 2. The van der Waals surface area contributed by atoms with Crippen molar-refractivity contribution in [3.8, 4) is 34.1 Å². The first kappa shape index (κ1) is 24.0. The number of benzene rings is 4. The van der Waals surface area contributed by atoms with Gasteiger partial charge in [0.15, 0.2) is 0 Å². The summed E-state index contributed by atoms with van der Waals surface area (Å²) < 4.78 is 15.8. The molecule has 0 fully saturated rings. The third kappa shape index (κ3) is 5.51. The molecule has 4 rings (SSSR count). The summed E-state index contributed by atoms with van der Waals surface area (Å²) in [5, 5.41) is 18.8. The van der Waals surface area contributed by atoms with Crippen molar-refractivity contribution in [1.29, 1.82) is 0 Å². The molecule has 0 heterocycles. The maximum atomic E-state index is 12.5. The Hall–Kier alpha value is -5.11. The van der Waals surface area contributed by atoms with Crippen molar-refractivity contribution >= 4 is 17.9 Å². The normalized spacial score (nSPS) is 10.4. The molecule has 2 N–H and O–H groups in total. The summed E-state index contributed by atoms with van der Waals surface area (Å²) in [5.41, 5.74) is 1.59. The third-order valence-corrected chi connectivity index (χ3v) is 5.17. The number of phenolic OH excluding ortho intramolecular Hbond substituents is 2. The largest absolute Gasteiger partial charge is 0.508 e. The van der Waals surface area contributed by atoms with E-state index in [0.717, 1.165) is 0 Å². The van der Waals surface area contributed by atoms with Gasteiger partial charge in [0.25, 0.3) is 0 Å². The Kier molecular flexibility index (Phi) is 6.97. The highest BCUT2D eigenvalue weighted by atomic mass is 16.5. The Labute approximate surface area is 205 Å². The zero-order valence-corrected chi connectivity index (χ0v) is 19.0. The van der Waals surface area contributed by atoms with E-state index < -0.39 is 17.9 Å². The highest BCUT2D eigenvalue weighted by molar-refractivity contribution is 5.98. The summed E-state index contributed by atoms with van der Waals surface area (Å²) >= 11 is 0. The number of methoxy groups -OCH3 is 1. The average Bonchev–Trinajstić information content (AvgIpc) is 2.89. The SMILES string of the molecule is COC(=O)c1ccc(OC(=O)c2ccc(O)cc2)cc1-c1cccc(OC(=O)c2ccc(O)cc2)c1. The van der Waals surface area contributed by atoms with Crippen molar-refractivity contribution in [2.24, 2.45) is 0 Å². The van der Waals surface area contributed by atoms with Gasteiger partial charge in [-0.2, -0.15) is 0 Å². The molecular formula is C28H20O8. The van der Waals surface area contributed by atoms with Crippen LogP contribution in [0.5, 0.6) is 23.0 Å². The summed E-state index contributed by atoms with van der Waals surface area (Å²) in [4.78, 5) is 37.4. The molecule has 4 aromatic rings. The summed E-state index contributed by atoms with van der Waals surface area (Å²) in [5.74, 6) is -1.46. The van der Waals surface area contributed by atoms with E-state index in [9.17, 15) is 24.6 Å². The lowest BCUT2D eigenvalue weighted by molar-refractivity contribution is 0.0600. The fraction of sp³-hybridized carbons (Fsp3) is 0.0357. The maximum absolute atomic E-state index is 12.5. The number of carbonyl (C=O) groups is 3. The summed E-state index contributed by atoms with van der Waals surface area (Å²) in [6, 6.07) is 22.1. The molecule has 8 heteroatoms. The quantitative estimate of drug-likeness (QED) is 0.290. The molecule has 0 amide bonds. The smallest absolute Gasteiger partial charge is 0.343 e. The van der Waals surface area contributed by atoms with Gasteiger partial charge < -0.3 is 24.4 Å². The van der Waals surface area contributed by atoms with Gasteiger partial charge in [0.1, 0.15) is 23.0 Å². The first-order valence-corrected chi connectivity index (χ1v) is 10.7. The van der Waals surface area contributed by atoms with Gasteiger partial charge in [-0.05, 0) is 90.0 Å². The van der Waals surface area contributed by atoms with Crippen LogP contribution in [0.15, 0.2) is 91.0 Å². The highest BCUT2D eigenvalue weighted by Gasteiger charge is 2.18. The van der Waals surface area contributed by atoms with Gasteiger partial charge in [-0.25, -0.2) is 14.4 Å². The zero-order valence-electron chi connectivity index (χ0n) is 19.0. The fourth-order valence-corrected chi connectivity index (χ4v) is 3.37. The van der Waals surface area contributed by atoms with Crippen LogP contribution in [0.2, 0.25) is 0 Å². The second kappa shape index (κ2) is 10.4. The van der Waals surface area contributed by atoms with Gasteiger partial charge in [-0.1, -0.05) is 12.1 Å². The van der Waals surface area contributed by atoms with Gasteiger partial charge in [-0.3, -0.25) is 0 Å². The zero-order chi connectivity index (χ0) is 25.7. The van der Waals surface area contributed by atoms with E-state index >= 15 is 0 Å². The highest BCUT2D eigenvalue weighted by Crippen LogP contribution is 2.32. The van der Waals surface area contributed by atoms with Crippen LogP contribution in [0.25, 0.3) is 11.1 Å². The lowest BCUT2D eigenvalue weighted by Gasteiger charge is -2.12. The van der Waals surface area contributed by atoms with E-state index in [1.807, 2.05) is 0 Å². The Balaban J connectivity index is 1.64. The molecule has 180 valence electrons. The number of ether oxygens (including phenoxy) is 3. The third-order valence-electron chi connectivity index (χ3n) is 5.17. The number of hydrogen-bond donors (Lipinski definition) is 2. The van der Waals surface area contributed by atoms with Crippen LogP contribution in [-0.4, -0.2) is 35.2 Å². The van der Waals surface area contributed by atoms with Crippen LogP contribution in [0, 0.1) is 0 Å². The molecule has 0 unspecified atom stereocenters. The van der Waals surface area contributed by atoms with E-state index in [1.165, 1.54) is 73.8 Å². The molecule has 4 aromatic carbocycles. The summed E-state index contributed by atoms with van der Waals surface area (Å²) in [7, 11) is 1.25. The molecule has 0 spiro atoms. The summed E-state index contributed by atoms with van der Waals surface area (Å²) in [6.45, 7) is 0. The van der Waals surface area contributed by atoms with Crippen LogP contribution in [0.1, 0.15) is 31.1 Å². The second-order valence-corrected chi connectivity index (χ2v) is 7.60. The Bertz CT molecular complexity index is 1420. The topological polar surface area (TPSA) is 119 Å². The maximum Gasteiger partial charge on any atom is 0.343 e. The van der Waals surface area contributed by atoms with E-state index in [2.05, 4.69) is 0 Å². The minimum absolute atomic E-state index is 0.0160. The fourth-order valence-electron chi connectivity index (χ4n) is 3.37. The van der Waals surface area contributed by atoms with E-state index in [0.29, 0.717) is 11.1 Å². The number of rotatable bonds is 6. The lowest BCUT2D eigenvalue weighted by Crippen LogP contribution is -2.10. The lowest BCUT2D eigenvalue weighted by atomic mass is 9.99. The molecule has 8 nitrogen and oxygen atoms in total. The molecule has 0 aromatic heterocycles. The Morgan fingerprint density at radius 2 is 1.14 bits per heavy atom. The Morgan fingerprint density at radius 3 is 1.67 bits per heavy atom. The number of aromatic hydroxyl groups is 2. The standard InChI is InChI=1S/C28H20O8/c1-34-28(33)24-14-13-23(36-27(32)18-7-11-21(30)12-8-18)16-25(24)19-3-2-4-22(15-19)35-26(31)17-5-9-20(29)10-6-17/h2-16,29-30H,1H3. The molecule has 36 heavy (non-hydrogen) atoms. The first-order valence-electron chi connectivity index (χ1n) is 10.7. The first-order chi connectivity index (χ1) is 17.3. The van der Waals surface area contributed by atoms with Crippen molar-refractivity contribution in [2.75, 3.05) is 7.11 Å². The van der Waals surface area contributed by atoms with Gasteiger partial charge in [0, 0.05) is 0 Å². The molecule has 0 aliphatic carbocycles. The van der Waals surface area contributed by atoms with Gasteiger partial charge in [-0.15, -0.1) is 0 Å². The Morgan fingerprint density at radius 1 is 0.611 bits per heavy atom. The van der Waals surface area contributed by atoms with E-state index in [-0.39, 0.29) is 39.7 Å². The molecular weight excluding hydrogens is 464 g/mol. The molecule has 0 atom stereocenters. The van der Waals surface area contributed by atoms with Crippen LogP contribution >= 0.6 is 0 Å². The van der Waals surface area contributed by atoms with Crippen LogP contribution in [-0.2, 0) is 4.74 Å². The van der Waals surface area contributed by atoms with Gasteiger partial charge in [0.2, 0.25) is 0 Å². The van der Waals surface area contributed by atoms with E-state index in [4.69, 9.17) is 14.2 Å². The number of carbonyl (C=O) groups excluding carboxylic acids is 3. The van der Waals surface area contributed by atoms with Crippen LogP contribution in [0.3, 0.4) is 0 Å². The van der Waals surface area contributed by atoms with Crippen molar-refractivity contribution in [1.82, 2.24) is 0 Å². The minimum Gasteiger partial charge on any atom is -0.508 e. The predicted octanol–water partition coefficient (Wildman–Crippen LogP) is 4.99. The average molecular weight is 484 g/mol. The minimum atomic E-state index is -0.650. The van der Waals surface area contributed by atoms with Crippen molar-refractivity contribution in [3.63, 3.8) is 0 Å². The molecule has 0 bridgehead atoms. The molecule has 0 radical (unpaired) electrons. The number of hydrogen-bond acceptors (Lipinski definition) is 8. The molecule has 0 aliphatic heterocycles. The number of esters is 3. The predicted molar refractivity (Wildman–Crippen MR) is 129 cm³/mol.